The molecule has 0 spiro atoms. The fraction of sp³-hybridized carbons (Fsp3) is 1.00. The minimum Gasteiger partial charge on any atom is -0.323 e. The van der Waals surface area contributed by atoms with E-state index in [1.165, 1.54) is 0 Å². The molecule has 0 amide bonds. The molecule has 13 heavy (non-hydrogen) atoms. The zero-order valence-corrected chi connectivity index (χ0v) is 10.2. The molecule has 0 aromatic carbocycles. The summed E-state index contributed by atoms with van der Waals surface area (Å²) in [5, 5.41) is 0. The maximum Gasteiger partial charge on any atom is 0.0926 e. The molecule has 0 saturated carbocycles. The van der Waals surface area contributed by atoms with Crippen molar-refractivity contribution in [1.82, 2.24) is 4.90 Å². The molecule has 0 aliphatic carbocycles. The van der Waals surface area contributed by atoms with Gasteiger partial charge in [0.15, 0.2) is 0 Å². The topological polar surface area (TPSA) is 20.3 Å². The van der Waals surface area contributed by atoms with Crippen LogP contribution in [0.4, 0.5) is 0 Å². The first kappa shape index (κ1) is 11.3. The van der Waals surface area contributed by atoms with Gasteiger partial charge < -0.3 is 9.46 Å². The minimum atomic E-state index is -1.80. The second-order valence-electron chi connectivity index (χ2n) is 4.62. The normalized spacial score (nSPS) is 24.2. The highest BCUT2D eigenvalue weighted by Gasteiger charge is 2.31. The zero-order valence-electron chi connectivity index (χ0n) is 9.29. The molecule has 2 nitrogen and oxygen atoms in total. The summed E-state index contributed by atoms with van der Waals surface area (Å²) < 4.78 is 12.3. The molecular weight excluding hydrogens is 181 g/mol. The third kappa shape index (κ3) is 2.57. The SMILES string of the molecule is CC(C)N1CCP(=O)(C(C)C)CC1. The van der Waals surface area contributed by atoms with Crippen molar-refractivity contribution in [1.29, 1.82) is 0 Å². The average Bonchev–Trinajstić information content (AvgIpc) is 2.04. The molecule has 1 aliphatic heterocycles. The molecular formula is C10H22NOP. The van der Waals surface area contributed by atoms with Crippen molar-refractivity contribution in [3.63, 3.8) is 0 Å². The van der Waals surface area contributed by atoms with Crippen LogP contribution in [-0.4, -0.2) is 42.0 Å². The first-order valence-corrected chi connectivity index (χ1v) is 7.42. The van der Waals surface area contributed by atoms with Crippen molar-refractivity contribution in [2.24, 2.45) is 0 Å². The lowest BCUT2D eigenvalue weighted by Gasteiger charge is -2.36. The van der Waals surface area contributed by atoms with E-state index < -0.39 is 7.14 Å². The van der Waals surface area contributed by atoms with Crippen molar-refractivity contribution in [3.8, 4) is 0 Å². The Bertz CT molecular complexity index is 201. The lowest BCUT2D eigenvalue weighted by Crippen LogP contribution is -2.40. The summed E-state index contributed by atoms with van der Waals surface area (Å²) in [6.45, 7) is 10.7. The lowest BCUT2D eigenvalue weighted by atomic mass is 10.3. The van der Waals surface area contributed by atoms with Gasteiger partial charge in [0, 0.05) is 37.1 Å². The fourth-order valence-electron chi connectivity index (χ4n) is 1.85. The van der Waals surface area contributed by atoms with Crippen molar-refractivity contribution >= 4 is 7.14 Å². The van der Waals surface area contributed by atoms with Gasteiger partial charge in [-0.2, -0.15) is 0 Å². The molecule has 0 aromatic heterocycles. The number of rotatable bonds is 2. The van der Waals surface area contributed by atoms with Crippen LogP contribution in [0.1, 0.15) is 27.7 Å². The van der Waals surface area contributed by atoms with Crippen LogP contribution in [0, 0.1) is 0 Å². The Hall–Kier alpha value is 0.190. The van der Waals surface area contributed by atoms with Crippen LogP contribution in [0.2, 0.25) is 0 Å². The van der Waals surface area contributed by atoms with E-state index in [9.17, 15) is 4.57 Å². The maximum atomic E-state index is 12.3. The predicted molar refractivity (Wildman–Crippen MR) is 59.2 cm³/mol. The molecule has 3 heteroatoms. The summed E-state index contributed by atoms with van der Waals surface area (Å²) in [4.78, 5) is 2.43. The van der Waals surface area contributed by atoms with Gasteiger partial charge in [-0.15, -0.1) is 0 Å². The van der Waals surface area contributed by atoms with E-state index in [0.29, 0.717) is 11.7 Å². The Labute approximate surface area is 82.1 Å². The minimum absolute atomic E-state index is 0.391. The van der Waals surface area contributed by atoms with Crippen molar-refractivity contribution in [3.05, 3.63) is 0 Å². The molecule has 0 N–H and O–H groups in total. The average molecular weight is 203 g/mol. The van der Waals surface area contributed by atoms with E-state index in [2.05, 4.69) is 32.6 Å². The number of nitrogens with zero attached hydrogens (tertiary/aromatic N) is 1. The summed E-state index contributed by atoms with van der Waals surface area (Å²) in [6, 6.07) is 0.612. The van der Waals surface area contributed by atoms with Gasteiger partial charge in [0.25, 0.3) is 0 Å². The first-order valence-electron chi connectivity index (χ1n) is 5.27. The molecule has 1 aliphatic rings. The van der Waals surface area contributed by atoms with Gasteiger partial charge in [-0.3, -0.25) is 0 Å². The predicted octanol–water partition coefficient (Wildman–Crippen LogP) is 2.48. The van der Waals surface area contributed by atoms with Gasteiger partial charge in [-0.05, 0) is 13.8 Å². The maximum absolute atomic E-state index is 12.3. The van der Waals surface area contributed by atoms with Crippen LogP contribution in [0.25, 0.3) is 0 Å². The van der Waals surface area contributed by atoms with Gasteiger partial charge in [0.05, 0.1) is 7.14 Å². The fourth-order valence-corrected chi connectivity index (χ4v) is 4.30. The first-order chi connectivity index (χ1) is 5.96. The van der Waals surface area contributed by atoms with Crippen molar-refractivity contribution in [2.45, 2.75) is 39.4 Å². The quantitative estimate of drug-likeness (QED) is 0.643. The van der Waals surface area contributed by atoms with Gasteiger partial charge in [-0.1, -0.05) is 13.8 Å². The van der Waals surface area contributed by atoms with Crippen LogP contribution in [-0.2, 0) is 4.57 Å². The van der Waals surface area contributed by atoms with Crippen LogP contribution in [0.3, 0.4) is 0 Å². The largest absolute Gasteiger partial charge is 0.323 e. The summed E-state index contributed by atoms with van der Waals surface area (Å²) in [5.74, 6) is 0. The highest BCUT2D eigenvalue weighted by molar-refractivity contribution is 7.64. The summed E-state index contributed by atoms with van der Waals surface area (Å²) in [6.07, 6.45) is 1.87. The van der Waals surface area contributed by atoms with Gasteiger partial charge >= 0.3 is 0 Å². The Kier molecular flexibility index (Phi) is 3.59. The molecule has 0 unspecified atom stereocenters. The van der Waals surface area contributed by atoms with Gasteiger partial charge in [0.2, 0.25) is 0 Å². The number of hydrogen-bond donors (Lipinski definition) is 0. The Morgan fingerprint density at radius 2 is 1.54 bits per heavy atom. The van der Waals surface area contributed by atoms with E-state index >= 15 is 0 Å². The van der Waals surface area contributed by atoms with Crippen molar-refractivity contribution in [2.75, 3.05) is 25.4 Å². The van der Waals surface area contributed by atoms with E-state index in [4.69, 9.17) is 0 Å². The second kappa shape index (κ2) is 4.14. The molecule has 78 valence electrons. The molecule has 1 heterocycles. The Morgan fingerprint density at radius 3 is 1.85 bits per heavy atom. The molecule has 1 rings (SSSR count). The molecule has 0 bridgehead atoms. The molecule has 1 saturated heterocycles. The second-order valence-corrected chi connectivity index (χ2v) is 8.45. The van der Waals surface area contributed by atoms with E-state index in [0.717, 1.165) is 25.4 Å². The van der Waals surface area contributed by atoms with Crippen LogP contribution in [0.15, 0.2) is 0 Å². The van der Waals surface area contributed by atoms with E-state index in [-0.39, 0.29) is 0 Å². The molecule has 0 atom stereocenters. The van der Waals surface area contributed by atoms with Crippen molar-refractivity contribution < 1.29 is 4.57 Å². The Balaban J connectivity index is 2.52. The Morgan fingerprint density at radius 1 is 1.08 bits per heavy atom. The van der Waals surface area contributed by atoms with Crippen LogP contribution >= 0.6 is 7.14 Å². The number of hydrogen-bond acceptors (Lipinski definition) is 2. The smallest absolute Gasteiger partial charge is 0.0926 e. The van der Waals surface area contributed by atoms with Crippen LogP contribution in [0.5, 0.6) is 0 Å². The summed E-state index contributed by atoms with van der Waals surface area (Å²) in [7, 11) is -1.80. The zero-order chi connectivity index (χ0) is 10.1. The lowest BCUT2D eigenvalue weighted by molar-refractivity contribution is 0.239. The van der Waals surface area contributed by atoms with E-state index in [1.54, 1.807) is 0 Å². The third-order valence-electron chi connectivity index (χ3n) is 3.20. The highest BCUT2D eigenvalue weighted by Crippen LogP contribution is 2.51. The monoisotopic (exact) mass is 203 g/mol. The molecule has 0 aromatic rings. The summed E-state index contributed by atoms with van der Waals surface area (Å²) >= 11 is 0. The van der Waals surface area contributed by atoms with E-state index in [1.807, 2.05) is 0 Å². The van der Waals surface area contributed by atoms with Crippen LogP contribution < -0.4 is 0 Å². The molecule has 0 radical (unpaired) electrons. The van der Waals surface area contributed by atoms with Gasteiger partial charge in [0.1, 0.15) is 0 Å². The third-order valence-corrected chi connectivity index (χ3v) is 7.00. The highest BCUT2D eigenvalue weighted by atomic mass is 31.2. The standard InChI is InChI=1S/C10H22NOP/c1-9(2)11-5-7-13(12,8-6-11)10(3)4/h9-10H,5-8H2,1-4H3. The summed E-state index contributed by atoms with van der Waals surface area (Å²) in [5.41, 5.74) is 0.391. The van der Waals surface area contributed by atoms with Gasteiger partial charge in [-0.25, -0.2) is 0 Å². The molecule has 1 fully saturated rings.